The first kappa shape index (κ1) is 21.0. The fourth-order valence-corrected chi connectivity index (χ4v) is 2.85. The van der Waals surface area contributed by atoms with Gasteiger partial charge in [-0.2, -0.15) is 4.98 Å². The van der Waals surface area contributed by atoms with Crippen LogP contribution in [0.2, 0.25) is 0 Å². The molecule has 2 aromatic heterocycles. The number of ether oxygens (including phenoxy) is 1. The van der Waals surface area contributed by atoms with E-state index in [9.17, 15) is 14.0 Å². The Balaban J connectivity index is 1.41. The van der Waals surface area contributed by atoms with Gasteiger partial charge >= 0.3 is 5.97 Å². The van der Waals surface area contributed by atoms with Gasteiger partial charge in [0.2, 0.25) is 5.82 Å². The van der Waals surface area contributed by atoms with Gasteiger partial charge in [-0.3, -0.25) is 4.79 Å². The van der Waals surface area contributed by atoms with Crippen LogP contribution in [0.4, 0.5) is 10.1 Å². The molecule has 2 aromatic carbocycles. The van der Waals surface area contributed by atoms with Gasteiger partial charge in [0.25, 0.3) is 11.8 Å². The second-order valence-corrected chi connectivity index (χ2v) is 7.01. The number of benzene rings is 2. The number of anilines is 1. The first-order valence-corrected chi connectivity index (χ1v) is 9.62. The maximum Gasteiger partial charge on any atom is 0.338 e. The van der Waals surface area contributed by atoms with Crippen LogP contribution in [0.5, 0.6) is 0 Å². The molecule has 1 amide bonds. The number of aromatic nitrogens is 2. The number of carbonyl (C=O) groups is 2. The highest BCUT2D eigenvalue weighted by Crippen LogP contribution is 2.21. The number of hydrogen-bond donors (Lipinski definition) is 1. The van der Waals surface area contributed by atoms with Gasteiger partial charge in [-0.05, 0) is 55.3 Å². The van der Waals surface area contributed by atoms with Crippen molar-refractivity contribution in [1.29, 1.82) is 0 Å². The van der Waals surface area contributed by atoms with Crippen molar-refractivity contribution < 1.29 is 27.7 Å². The third-order valence-electron chi connectivity index (χ3n) is 4.69. The third-order valence-corrected chi connectivity index (χ3v) is 4.69. The summed E-state index contributed by atoms with van der Waals surface area (Å²) >= 11 is 0. The molecule has 2 heterocycles. The summed E-state index contributed by atoms with van der Waals surface area (Å²) in [5, 5.41) is 6.49. The second kappa shape index (κ2) is 8.84. The molecule has 4 aromatic rings. The van der Waals surface area contributed by atoms with Gasteiger partial charge in [-0.1, -0.05) is 23.4 Å². The van der Waals surface area contributed by atoms with E-state index in [0.717, 1.165) is 5.56 Å². The molecule has 0 saturated carbocycles. The number of amides is 1. The number of aryl methyl sites for hydroxylation is 2. The standard InChI is InChI=1S/C23H18FN3O5/c1-13-5-7-15(10-17(13)24)21-26-20(32-27-21)12-31-23(29)16-8-6-14(2)18(11-16)25-22(28)19-4-3-9-30-19/h3-11H,12H2,1-2H3,(H,25,28). The fourth-order valence-electron chi connectivity index (χ4n) is 2.85. The molecule has 0 fully saturated rings. The molecule has 0 aliphatic heterocycles. The molecule has 0 aliphatic carbocycles. The van der Waals surface area contributed by atoms with Gasteiger partial charge in [0.1, 0.15) is 5.82 Å². The van der Waals surface area contributed by atoms with Crippen LogP contribution in [0.3, 0.4) is 0 Å². The van der Waals surface area contributed by atoms with Crippen molar-refractivity contribution in [2.24, 2.45) is 0 Å². The van der Waals surface area contributed by atoms with E-state index in [1.165, 1.54) is 24.5 Å². The highest BCUT2D eigenvalue weighted by molar-refractivity contribution is 6.03. The van der Waals surface area contributed by atoms with E-state index in [1.807, 2.05) is 0 Å². The summed E-state index contributed by atoms with van der Waals surface area (Å²) in [6, 6.07) is 12.5. The zero-order valence-electron chi connectivity index (χ0n) is 17.2. The predicted molar refractivity (Wildman–Crippen MR) is 111 cm³/mol. The van der Waals surface area contributed by atoms with E-state index in [1.54, 1.807) is 44.2 Å². The smallest absolute Gasteiger partial charge is 0.338 e. The lowest BCUT2D eigenvalue weighted by atomic mass is 10.1. The van der Waals surface area contributed by atoms with E-state index in [2.05, 4.69) is 15.5 Å². The van der Waals surface area contributed by atoms with E-state index < -0.39 is 11.9 Å². The third kappa shape index (κ3) is 4.56. The summed E-state index contributed by atoms with van der Waals surface area (Å²) in [5.41, 5.74) is 2.38. The van der Waals surface area contributed by atoms with Crippen molar-refractivity contribution in [1.82, 2.24) is 10.1 Å². The normalized spacial score (nSPS) is 10.7. The summed E-state index contributed by atoms with van der Waals surface area (Å²) in [4.78, 5) is 28.8. The number of hydrogen-bond acceptors (Lipinski definition) is 7. The van der Waals surface area contributed by atoms with Crippen LogP contribution in [-0.2, 0) is 11.3 Å². The van der Waals surface area contributed by atoms with Crippen molar-refractivity contribution >= 4 is 17.6 Å². The molecule has 0 aliphatic rings. The Bertz CT molecular complexity index is 1280. The number of nitrogens with zero attached hydrogens (tertiary/aromatic N) is 2. The van der Waals surface area contributed by atoms with E-state index in [-0.39, 0.29) is 35.5 Å². The first-order chi connectivity index (χ1) is 15.4. The Morgan fingerprint density at radius 3 is 2.66 bits per heavy atom. The first-order valence-electron chi connectivity index (χ1n) is 9.62. The SMILES string of the molecule is Cc1ccc(-c2noc(COC(=O)c3ccc(C)c(NC(=O)c4ccco4)c3)n2)cc1F. The minimum absolute atomic E-state index is 0.0628. The molecule has 32 heavy (non-hydrogen) atoms. The minimum Gasteiger partial charge on any atom is -0.459 e. The predicted octanol–water partition coefficient (Wildman–Crippen LogP) is 4.69. The number of rotatable bonds is 6. The Morgan fingerprint density at radius 2 is 1.91 bits per heavy atom. The molecule has 8 nitrogen and oxygen atoms in total. The molecule has 1 N–H and O–H groups in total. The van der Waals surface area contributed by atoms with Crippen LogP contribution in [0.25, 0.3) is 11.4 Å². The molecule has 0 bridgehead atoms. The molecule has 4 rings (SSSR count). The Hall–Kier alpha value is -4.27. The van der Waals surface area contributed by atoms with Crippen LogP contribution < -0.4 is 5.32 Å². The quantitative estimate of drug-likeness (QED) is 0.438. The molecule has 0 saturated heterocycles. The highest BCUT2D eigenvalue weighted by atomic mass is 19.1. The van der Waals surface area contributed by atoms with Gasteiger partial charge in [0.15, 0.2) is 12.4 Å². The molecule has 0 spiro atoms. The highest BCUT2D eigenvalue weighted by Gasteiger charge is 2.16. The van der Waals surface area contributed by atoms with Gasteiger partial charge in [0, 0.05) is 11.3 Å². The lowest BCUT2D eigenvalue weighted by Gasteiger charge is -2.09. The van der Waals surface area contributed by atoms with Crippen molar-refractivity contribution in [2.75, 3.05) is 5.32 Å². The van der Waals surface area contributed by atoms with Gasteiger partial charge in [-0.15, -0.1) is 0 Å². The molecule has 0 atom stereocenters. The molecule has 0 radical (unpaired) electrons. The number of esters is 1. The zero-order chi connectivity index (χ0) is 22.7. The lowest BCUT2D eigenvalue weighted by molar-refractivity contribution is 0.0429. The van der Waals surface area contributed by atoms with Crippen molar-refractivity contribution in [2.45, 2.75) is 20.5 Å². The van der Waals surface area contributed by atoms with E-state index in [4.69, 9.17) is 13.7 Å². The topological polar surface area (TPSA) is 107 Å². The summed E-state index contributed by atoms with van der Waals surface area (Å²) in [6.07, 6.45) is 1.40. The molecule has 0 unspecified atom stereocenters. The summed E-state index contributed by atoms with van der Waals surface area (Å²) in [5.74, 6) is -1.05. The van der Waals surface area contributed by atoms with Crippen LogP contribution >= 0.6 is 0 Å². The molecular formula is C23H18FN3O5. The number of furan rings is 1. The van der Waals surface area contributed by atoms with E-state index >= 15 is 0 Å². The number of carbonyl (C=O) groups excluding carboxylic acids is 2. The maximum absolute atomic E-state index is 13.7. The monoisotopic (exact) mass is 435 g/mol. The Morgan fingerprint density at radius 1 is 1.09 bits per heavy atom. The molecule has 9 heteroatoms. The van der Waals surface area contributed by atoms with Gasteiger partial charge in [0.05, 0.1) is 11.8 Å². The second-order valence-electron chi connectivity index (χ2n) is 7.01. The van der Waals surface area contributed by atoms with Crippen LogP contribution in [0.15, 0.2) is 63.7 Å². The Labute approximate surface area is 182 Å². The summed E-state index contributed by atoms with van der Waals surface area (Å²) < 4.78 is 29.1. The lowest BCUT2D eigenvalue weighted by Crippen LogP contribution is -2.13. The number of nitrogens with one attached hydrogen (secondary N) is 1. The van der Waals surface area contributed by atoms with Gasteiger partial charge < -0.3 is 19.0 Å². The van der Waals surface area contributed by atoms with Crippen LogP contribution in [-0.4, -0.2) is 22.0 Å². The van der Waals surface area contributed by atoms with Gasteiger partial charge in [-0.25, -0.2) is 9.18 Å². The maximum atomic E-state index is 13.7. The summed E-state index contributed by atoms with van der Waals surface area (Å²) in [6.45, 7) is 3.18. The van der Waals surface area contributed by atoms with Crippen LogP contribution in [0.1, 0.15) is 37.9 Å². The summed E-state index contributed by atoms with van der Waals surface area (Å²) in [7, 11) is 0. The average Bonchev–Trinajstić information content (AvgIpc) is 3.48. The van der Waals surface area contributed by atoms with E-state index in [0.29, 0.717) is 16.8 Å². The average molecular weight is 435 g/mol. The molecule has 162 valence electrons. The van der Waals surface area contributed by atoms with Crippen molar-refractivity contribution in [3.05, 3.63) is 89.0 Å². The van der Waals surface area contributed by atoms with Crippen LogP contribution in [0, 0.1) is 19.7 Å². The Kier molecular flexibility index (Phi) is 5.80. The number of halogens is 1. The zero-order valence-corrected chi connectivity index (χ0v) is 17.2. The van der Waals surface area contributed by atoms with Crippen molar-refractivity contribution in [3.8, 4) is 11.4 Å². The molecular weight excluding hydrogens is 417 g/mol. The minimum atomic E-state index is -0.639. The van der Waals surface area contributed by atoms with Crippen molar-refractivity contribution in [3.63, 3.8) is 0 Å². The largest absolute Gasteiger partial charge is 0.459 e. The fraction of sp³-hybridized carbons (Fsp3) is 0.130.